The number of aryl methyl sites for hydroxylation is 1. The highest BCUT2D eigenvalue weighted by Gasteiger charge is 2.27. The summed E-state index contributed by atoms with van der Waals surface area (Å²) in [5.74, 6) is -0.378. The third kappa shape index (κ3) is 7.67. The second-order valence-electron chi connectivity index (χ2n) is 8.74. The molecule has 8 heteroatoms. The highest BCUT2D eigenvalue weighted by Crippen LogP contribution is 2.16. The molecule has 2 aromatic rings. The van der Waals surface area contributed by atoms with Gasteiger partial charge in [-0.05, 0) is 51.3 Å². The zero-order chi connectivity index (χ0) is 25.3. The number of nitrogens with zero attached hydrogens (tertiary/aromatic N) is 2. The predicted molar refractivity (Wildman–Crippen MR) is 135 cm³/mol. The number of nitrogens with one attached hydrogen (secondary N) is 1. The number of amides is 2. The predicted octanol–water partition coefficient (Wildman–Crippen LogP) is 3.73. The molecule has 0 aliphatic heterocycles. The Hall–Kier alpha value is -2.71. The molecule has 186 valence electrons. The summed E-state index contributed by atoms with van der Waals surface area (Å²) in [7, 11) is -2.10. The molecule has 0 unspecified atom stereocenters. The van der Waals surface area contributed by atoms with Crippen LogP contribution in [0, 0.1) is 6.92 Å². The van der Waals surface area contributed by atoms with E-state index in [1.54, 1.807) is 42.2 Å². The maximum Gasteiger partial charge on any atom is 0.242 e. The molecule has 2 aromatic carbocycles. The van der Waals surface area contributed by atoms with E-state index in [-0.39, 0.29) is 35.7 Å². The van der Waals surface area contributed by atoms with Crippen LogP contribution in [0.1, 0.15) is 51.2 Å². The number of carbonyl (C=O) groups is 2. The lowest BCUT2D eigenvalue weighted by Gasteiger charge is -2.30. The van der Waals surface area contributed by atoms with Gasteiger partial charge in [0.1, 0.15) is 6.04 Å². The molecule has 0 bridgehead atoms. The van der Waals surface area contributed by atoms with Gasteiger partial charge in [-0.15, -0.1) is 0 Å². The zero-order valence-electron chi connectivity index (χ0n) is 20.8. The van der Waals surface area contributed by atoms with Gasteiger partial charge in [-0.2, -0.15) is 0 Å². The van der Waals surface area contributed by atoms with E-state index in [1.165, 1.54) is 11.4 Å². The van der Waals surface area contributed by atoms with Crippen LogP contribution < -0.4 is 5.32 Å². The fraction of sp³-hybridized carbons (Fsp3) is 0.462. The minimum absolute atomic E-state index is 0.0168. The Morgan fingerprint density at radius 2 is 1.62 bits per heavy atom. The topological polar surface area (TPSA) is 86.8 Å². The molecule has 0 fully saturated rings. The molecule has 2 amide bonds. The molecule has 1 N–H and O–H groups in total. The molecule has 0 aromatic heterocycles. The van der Waals surface area contributed by atoms with E-state index in [0.717, 1.165) is 17.5 Å². The molecule has 7 nitrogen and oxygen atoms in total. The summed E-state index contributed by atoms with van der Waals surface area (Å²) < 4.78 is 26.7. The van der Waals surface area contributed by atoms with Crippen LogP contribution in [0.2, 0.25) is 0 Å². The molecule has 0 saturated heterocycles. The van der Waals surface area contributed by atoms with Crippen molar-refractivity contribution in [3.63, 3.8) is 0 Å². The Morgan fingerprint density at radius 1 is 1.00 bits per heavy atom. The Morgan fingerprint density at radius 3 is 2.21 bits per heavy atom. The number of carbonyl (C=O) groups excluding carboxylic acids is 2. The molecule has 0 aliphatic rings. The van der Waals surface area contributed by atoms with Crippen molar-refractivity contribution in [1.29, 1.82) is 0 Å². The Balaban J connectivity index is 2.08. The average molecular weight is 488 g/mol. The van der Waals surface area contributed by atoms with Crippen LogP contribution >= 0.6 is 0 Å². The van der Waals surface area contributed by atoms with Gasteiger partial charge < -0.3 is 10.2 Å². The van der Waals surface area contributed by atoms with Crippen molar-refractivity contribution in [3.05, 3.63) is 65.7 Å². The number of sulfonamides is 1. The first-order valence-corrected chi connectivity index (χ1v) is 13.2. The summed E-state index contributed by atoms with van der Waals surface area (Å²) in [5.41, 5.74) is 2.05. The highest BCUT2D eigenvalue weighted by molar-refractivity contribution is 7.89. The molecule has 0 heterocycles. The molecular weight excluding hydrogens is 450 g/mol. The summed E-state index contributed by atoms with van der Waals surface area (Å²) in [6, 6.07) is 15.5. The lowest BCUT2D eigenvalue weighted by atomic mass is 10.1. The molecule has 0 radical (unpaired) electrons. The van der Waals surface area contributed by atoms with Gasteiger partial charge in [0.25, 0.3) is 0 Å². The Kier molecular flexibility index (Phi) is 10.3. The monoisotopic (exact) mass is 487 g/mol. The van der Waals surface area contributed by atoms with Crippen molar-refractivity contribution >= 4 is 21.8 Å². The fourth-order valence-corrected chi connectivity index (χ4v) is 4.66. The van der Waals surface area contributed by atoms with Crippen LogP contribution in [0.15, 0.2) is 59.5 Å². The van der Waals surface area contributed by atoms with Gasteiger partial charge in [0.2, 0.25) is 21.8 Å². The van der Waals surface area contributed by atoms with Gasteiger partial charge in [0, 0.05) is 32.6 Å². The first kappa shape index (κ1) is 27.5. The summed E-state index contributed by atoms with van der Waals surface area (Å²) in [6.45, 7) is 8.16. The van der Waals surface area contributed by atoms with Crippen molar-refractivity contribution in [2.45, 2.75) is 70.5 Å². The van der Waals surface area contributed by atoms with Crippen LogP contribution in [0.5, 0.6) is 0 Å². The molecule has 2 rings (SSSR count). The second-order valence-corrected chi connectivity index (χ2v) is 10.8. The Labute approximate surface area is 204 Å². The standard InChI is InChI=1S/C26H37N3O4S/c1-6-21(3)27-26(31)22(4)29(19-23-16-14-20(2)15-17-23)25(30)13-10-18-28(5)34(32,33)24-11-8-7-9-12-24/h7-9,11-12,14-17,21-22H,6,10,13,18-19H2,1-5H3,(H,27,31)/t21-,22+/m0/s1. The van der Waals surface area contributed by atoms with Crippen LogP contribution in [-0.4, -0.2) is 55.1 Å². The van der Waals surface area contributed by atoms with Crippen LogP contribution in [-0.2, 0) is 26.2 Å². The first-order valence-electron chi connectivity index (χ1n) is 11.7. The minimum Gasteiger partial charge on any atom is -0.352 e. The fourth-order valence-electron chi connectivity index (χ4n) is 3.43. The van der Waals surface area contributed by atoms with Crippen molar-refractivity contribution < 1.29 is 18.0 Å². The molecule has 0 spiro atoms. The van der Waals surface area contributed by atoms with Crippen LogP contribution in [0.3, 0.4) is 0 Å². The largest absolute Gasteiger partial charge is 0.352 e. The van der Waals surface area contributed by atoms with E-state index < -0.39 is 16.1 Å². The lowest BCUT2D eigenvalue weighted by Crippen LogP contribution is -2.49. The maximum atomic E-state index is 13.2. The Bertz CT molecular complexity index is 1040. The van der Waals surface area contributed by atoms with Gasteiger partial charge in [-0.3, -0.25) is 9.59 Å². The van der Waals surface area contributed by atoms with E-state index in [2.05, 4.69) is 5.32 Å². The SMILES string of the molecule is CC[C@H](C)NC(=O)[C@@H](C)N(Cc1ccc(C)cc1)C(=O)CCCN(C)S(=O)(=O)c1ccccc1. The molecule has 0 aliphatic carbocycles. The first-order chi connectivity index (χ1) is 16.1. The third-order valence-corrected chi connectivity index (χ3v) is 7.83. The number of benzene rings is 2. The van der Waals surface area contributed by atoms with Gasteiger partial charge in [-0.1, -0.05) is 55.0 Å². The van der Waals surface area contributed by atoms with Crippen molar-refractivity contribution in [2.75, 3.05) is 13.6 Å². The van der Waals surface area contributed by atoms with Gasteiger partial charge in [0.15, 0.2) is 0 Å². The molecular formula is C26H37N3O4S. The van der Waals surface area contributed by atoms with Crippen molar-refractivity contribution in [1.82, 2.24) is 14.5 Å². The molecule has 0 saturated carbocycles. The van der Waals surface area contributed by atoms with E-state index in [4.69, 9.17) is 0 Å². The van der Waals surface area contributed by atoms with Gasteiger partial charge in [0.05, 0.1) is 4.90 Å². The smallest absolute Gasteiger partial charge is 0.242 e. The number of rotatable bonds is 12. The lowest BCUT2D eigenvalue weighted by molar-refractivity contribution is -0.141. The van der Waals surface area contributed by atoms with Crippen LogP contribution in [0.25, 0.3) is 0 Å². The van der Waals surface area contributed by atoms with E-state index >= 15 is 0 Å². The average Bonchev–Trinajstić information content (AvgIpc) is 2.83. The minimum atomic E-state index is -3.61. The quantitative estimate of drug-likeness (QED) is 0.494. The summed E-state index contributed by atoms with van der Waals surface area (Å²) in [5, 5.41) is 2.95. The molecule has 2 atom stereocenters. The zero-order valence-corrected chi connectivity index (χ0v) is 21.6. The van der Waals surface area contributed by atoms with E-state index in [0.29, 0.717) is 13.0 Å². The van der Waals surface area contributed by atoms with Crippen LogP contribution in [0.4, 0.5) is 0 Å². The van der Waals surface area contributed by atoms with Crippen molar-refractivity contribution in [3.8, 4) is 0 Å². The third-order valence-electron chi connectivity index (χ3n) is 5.96. The second kappa shape index (κ2) is 12.7. The van der Waals surface area contributed by atoms with E-state index in [1.807, 2.05) is 45.0 Å². The van der Waals surface area contributed by atoms with Gasteiger partial charge >= 0.3 is 0 Å². The summed E-state index contributed by atoms with van der Waals surface area (Å²) >= 11 is 0. The summed E-state index contributed by atoms with van der Waals surface area (Å²) in [4.78, 5) is 27.8. The van der Waals surface area contributed by atoms with Crippen molar-refractivity contribution in [2.24, 2.45) is 0 Å². The number of hydrogen-bond acceptors (Lipinski definition) is 4. The maximum absolute atomic E-state index is 13.2. The highest BCUT2D eigenvalue weighted by atomic mass is 32.2. The summed E-state index contributed by atoms with van der Waals surface area (Å²) in [6.07, 6.45) is 1.29. The van der Waals surface area contributed by atoms with Gasteiger partial charge in [-0.25, -0.2) is 12.7 Å². The molecule has 34 heavy (non-hydrogen) atoms. The number of hydrogen-bond donors (Lipinski definition) is 1. The normalized spacial score (nSPS) is 13.4. The van der Waals surface area contributed by atoms with E-state index in [9.17, 15) is 18.0 Å².